The van der Waals surface area contributed by atoms with Gasteiger partial charge >= 0.3 is 0 Å². The van der Waals surface area contributed by atoms with Crippen molar-refractivity contribution in [3.8, 4) is 0 Å². The minimum Gasteiger partial charge on any atom is -0.329 e. The number of carbonyl (C=O) groups excluding carboxylic acids is 1. The number of fused-ring (bicyclic) bond motifs is 1. The molecule has 0 aliphatic heterocycles. The highest BCUT2D eigenvalue weighted by Crippen LogP contribution is 2.17. The molecule has 0 radical (unpaired) electrons. The lowest BCUT2D eigenvalue weighted by atomic mass is 10.2. The van der Waals surface area contributed by atoms with Crippen molar-refractivity contribution in [3.05, 3.63) is 48.9 Å². The molecule has 0 bridgehead atoms. The van der Waals surface area contributed by atoms with Gasteiger partial charge in [-0.3, -0.25) is 4.79 Å². The second kappa shape index (κ2) is 5.97. The number of amides is 1. The Bertz CT molecular complexity index is 784. The van der Waals surface area contributed by atoms with Gasteiger partial charge in [0.2, 0.25) is 5.91 Å². The van der Waals surface area contributed by atoms with E-state index in [4.69, 9.17) is 0 Å². The Morgan fingerprint density at radius 2 is 2.10 bits per heavy atom. The molecule has 0 spiro atoms. The Hall–Kier alpha value is -2.34. The third-order valence-electron chi connectivity index (χ3n) is 3.01. The number of aryl methyl sites for hydroxylation is 1. The van der Waals surface area contributed by atoms with Gasteiger partial charge in [0, 0.05) is 31.0 Å². The predicted molar refractivity (Wildman–Crippen MR) is 84.3 cm³/mol. The molecule has 1 N–H and O–H groups in total. The summed E-state index contributed by atoms with van der Waals surface area (Å²) in [5, 5.41) is 5.73. The second-order valence-corrected chi connectivity index (χ2v) is 5.52. The zero-order valence-electron chi connectivity index (χ0n) is 11.5. The van der Waals surface area contributed by atoms with Gasteiger partial charge in [0.05, 0.1) is 5.75 Å². The van der Waals surface area contributed by atoms with E-state index in [9.17, 15) is 4.79 Å². The average molecular weight is 298 g/mol. The monoisotopic (exact) mass is 298 g/mol. The number of benzene rings is 1. The Kier molecular flexibility index (Phi) is 3.87. The zero-order valence-corrected chi connectivity index (χ0v) is 12.3. The summed E-state index contributed by atoms with van der Waals surface area (Å²) in [5.74, 6) is 0.782. The van der Waals surface area contributed by atoms with Crippen LogP contribution in [0.2, 0.25) is 0 Å². The molecule has 0 aliphatic carbocycles. The predicted octanol–water partition coefficient (Wildman–Crippen LogP) is 2.70. The number of pyridine rings is 1. The number of anilines is 1. The first-order chi connectivity index (χ1) is 10.2. The third-order valence-corrected chi connectivity index (χ3v) is 4.07. The van der Waals surface area contributed by atoms with Crippen molar-refractivity contribution in [2.75, 3.05) is 11.1 Å². The van der Waals surface area contributed by atoms with E-state index in [0.717, 1.165) is 15.9 Å². The van der Waals surface area contributed by atoms with Crippen LogP contribution in [-0.4, -0.2) is 26.2 Å². The van der Waals surface area contributed by atoms with E-state index in [1.54, 1.807) is 12.4 Å². The molecular weight excluding hydrogens is 284 g/mol. The summed E-state index contributed by atoms with van der Waals surface area (Å²) in [6.07, 6.45) is 5.33. The van der Waals surface area contributed by atoms with Gasteiger partial charge in [-0.2, -0.15) is 0 Å². The van der Waals surface area contributed by atoms with Gasteiger partial charge in [-0.15, -0.1) is 0 Å². The first-order valence-corrected chi connectivity index (χ1v) is 7.46. The molecule has 1 aromatic carbocycles. The lowest BCUT2D eigenvalue weighted by Crippen LogP contribution is -2.15. The number of hydrogen-bond acceptors (Lipinski definition) is 4. The van der Waals surface area contributed by atoms with E-state index >= 15 is 0 Å². The molecule has 0 saturated heterocycles. The molecule has 21 heavy (non-hydrogen) atoms. The van der Waals surface area contributed by atoms with Crippen molar-refractivity contribution >= 4 is 34.3 Å². The normalized spacial score (nSPS) is 10.7. The van der Waals surface area contributed by atoms with Crippen molar-refractivity contribution in [1.82, 2.24) is 14.5 Å². The molecule has 2 heterocycles. The molecule has 3 rings (SSSR count). The van der Waals surface area contributed by atoms with Gasteiger partial charge in [0.1, 0.15) is 5.82 Å². The highest BCUT2D eigenvalue weighted by molar-refractivity contribution is 7.99. The maximum Gasteiger partial charge on any atom is 0.236 e. The SMILES string of the molecule is Cn1ccnc1SCC(=O)Nc1cc2ccccc2cn1. The maximum absolute atomic E-state index is 11.9. The molecule has 0 saturated carbocycles. The van der Waals surface area contributed by atoms with E-state index < -0.39 is 0 Å². The lowest BCUT2D eigenvalue weighted by molar-refractivity contribution is -0.113. The van der Waals surface area contributed by atoms with Crippen LogP contribution in [0.5, 0.6) is 0 Å². The van der Waals surface area contributed by atoms with Crippen molar-refractivity contribution in [3.63, 3.8) is 0 Å². The number of nitrogens with one attached hydrogen (secondary N) is 1. The van der Waals surface area contributed by atoms with Crippen LogP contribution in [0.1, 0.15) is 0 Å². The Balaban J connectivity index is 1.64. The number of nitrogens with zero attached hydrogens (tertiary/aromatic N) is 3. The summed E-state index contributed by atoms with van der Waals surface area (Å²) < 4.78 is 1.88. The summed E-state index contributed by atoms with van der Waals surface area (Å²) in [5.41, 5.74) is 0. The summed E-state index contributed by atoms with van der Waals surface area (Å²) in [7, 11) is 1.90. The number of rotatable bonds is 4. The number of aromatic nitrogens is 3. The summed E-state index contributed by atoms with van der Waals surface area (Å²) in [6, 6.07) is 9.79. The Morgan fingerprint density at radius 3 is 2.86 bits per heavy atom. The van der Waals surface area contributed by atoms with Crippen molar-refractivity contribution in [2.24, 2.45) is 7.05 Å². The summed E-state index contributed by atoms with van der Waals surface area (Å²) in [6.45, 7) is 0. The Labute approximate surface area is 126 Å². The lowest BCUT2D eigenvalue weighted by Gasteiger charge is -2.05. The van der Waals surface area contributed by atoms with Gasteiger partial charge in [0.25, 0.3) is 0 Å². The molecule has 0 aliphatic rings. The molecule has 3 aromatic rings. The van der Waals surface area contributed by atoms with Gasteiger partial charge < -0.3 is 9.88 Å². The number of hydrogen-bond donors (Lipinski definition) is 1. The molecule has 1 amide bonds. The fraction of sp³-hybridized carbons (Fsp3) is 0.133. The number of thioether (sulfide) groups is 1. The smallest absolute Gasteiger partial charge is 0.236 e. The molecule has 6 heteroatoms. The highest BCUT2D eigenvalue weighted by atomic mass is 32.2. The van der Waals surface area contributed by atoms with Gasteiger partial charge in [-0.05, 0) is 11.5 Å². The zero-order chi connectivity index (χ0) is 14.7. The fourth-order valence-corrected chi connectivity index (χ4v) is 2.68. The molecular formula is C15H14N4OS. The molecule has 106 valence electrons. The van der Waals surface area contributed by atoms with Crippen LogP contribution in [0.3, 0.4) is 0 Å². The summed E-state index contributed by atoms with van der Waals surface area (Å²) >= 11 is 1.40. The number of imidazole rings is 1. The first-order valence-electron chi connectivity index (χ1n) is 6.47. The van der Waals surface area contributed by atoms with Crippen LogP contribution in [-0.2, 0) is 11.8 Å². The van der Waals surface area contributed by atoms with Crippen LogP contribution < -0.4 is 5.32 Å². The highest BCUT2D eigenvalue weighted by Gasteiger charge is 2.07. The van der Waals surface area contributed by atoms with Crippen molar-refractivity contribution in [1.29, 1.82) is 0 Å². The maximum atomic E-state index is 11.9. The van der Waals surface area contributed by atoms with E-state index in [1.165, 1.54) is 11.8 Å². The van der Waals surface area contributed by atoms with E-state index in [1.807, 2.05) is 48.1 Å². The van der Waals surface area contributed by atoms with Crippen LogP contribution >= 0.6 is 11.8 Å². The van der Waals surface area contributed by atoms with Gasteiger partial charge in [-0.1, -0.05) is 36.0 Å². The molecule has 0 atom stereocenters. The molecule has 2 aromatic heterocycles. The minimum atomic E-state index is -0.0919. The first kappa shape index (κ1) is 13.6. The molecule has 0 unspecified atom stereocenters. The average Bonchev–Trinajstić information content (AvgIpc) is 2.90. The number of carbonyl (C=O) groups is 1. The van der Waals surface area contributed by atoms with E-state index in [2.05, 4.69) is 15.3 Å². The quantitative estimate of drug-likeness (QED) is 0.752. The van der Waals surface area contributed by atoms with Gasteiger partial charge in [0.15, 0.2) is 5.16 Å². The molecule has 0 fully saturated rings. The second-order valence-electron chi connectivity index (χ2n) is 4.57. The minimum absolute atomic E-state index is 0.0919. The van der Waals surface area contributed by atoms with Crippen molar-refractivity contribution in [2.45, 2.75) is 5.16 Å². The standard InChI is InChI=1S/C15H14N4OS/c1-19-7-6-16-15(19)21-10-14(20)18-13-8-11-4-2-3-5-12(11)9-17-13/h2-9H,10H2,1H3,(H,17,18,20). The fourth-order valence-electron chi connectivity index (χ4n) is 1.95. The van der Waals surface area contributed by atoms with Crippen LogP contribution in [0.15, 0.2) is 54.1 Å². The Morgan fingerprint density at radius 1 is 1.29 bits per heavy atom. The topological polar surface area (TPSA) is 59.8 Å². The molecule has 5 nitrogen and oxygen atoms in total. The largest absolute Gasteiger partial charge is 0.329 e. The van der Waals surface area contributed by atoms with Crippen molar-refractivity contribution < 1.29 is 4.79 Å². The van der Waals surface area contributed by atoms with Crippen LogP contribution in [0.4, 0.5) is 5.82 Å². The third kappa shape index (κ3) is 3.22. The summed E-state index contributed by atoms with van der Waals surface area (Å²) in [4.78, 5) is 20.4. The van der Waals surface area contributed by atoms with Crippen LogP contribution in [0.25, 0.3) is 10.8 Å². The van der Waals surface area contributed by atoms with E-state index in [0.29, 0.717) is 11.6 Å². The van der Waals surface area contributed by atoms with Gasteiger partial charge in [-0.25, -0.2) is 9.97 Å². The van der Waals surface area contributed by atoms with Crippen LogP contribution in [0, 0.1) is 0 Å². The van der Waals surface area contributed by atoms with E-state index in [-0.39, 0.29) is 5.91 Å².